The van der Waals surface area contributed by atoms with Gasteiger partial charge in [-0.2, -0.15) is 0 Å². The molecule has 5 nitrogen and oxygen atoms in total. The van der Waals surface area contributed by atoms with E-state index in [0.717, 1.165) is 11.1 Å². The summed E-state index contributed by atoms with van der Waals surface area (Å²) >= 11 is 0. The van der Waals surface area contributed by atoms with Crippen LogP contribution in [0.2, 0.25) is 0 Å². The molecule has 1 amide bonds. The number of rotatable bonds is 3. The van der Waals surface area contributed by atoms with E-state index in [4.69, 9.17) is 9.15 Å². The SMILES string of the molecule is CC1CN(C(=O)CCc2nc3ccccc3o2)CCO1. The third-order valence-electron chi connectivity index (χ3n) is 3.48. The van der Waals surface area contributed by atoms with Crippen LogP contribution in [0, 0.1) is 0 Å². The number of benzene rings is 1. The minimum atomic E-state index is 0.122. The lowest BCUT2D eigenvalue weighted by atomic mass is 10.2. The Morgan fingerprint density at radius 2 is 2.30 bits per heavy atom. The third-order valence-corrected chi connectivity index (χ3v) is 3.48. The van der Waals surface area contributed by atoms with Crippen molar-refractivity contribution in [2.45, 2.75) is 25.9 Å². The number of oxazole rings is 1. The van der Waals surface area contributed by atoms with Crippen LogP contribution in [0.25, 0.3) is 11.1 Å². The van der Waals surface area contributed by atoms with Gasteiger partial charge in [-0.15, -0.1) is 0 Å². The van der Waals surface area contributed by atoms with Crippen molar-refractivity contribution in [2.24, 2.45) is 0 Å². The molecule has 0 radical (unpaired) electrons. The number of fused-ring (bicyclic) bond motifs is 1. The van der Waals surface area contributed by atoms with E-state index in [9.17, 15) is 4.79 Å². The average molecular weight is 274 g/mol. The molecule has 1 aromatic heterocycles. The van der Waals surface area contributed by atoms with Crippen LogP contribution in [0.4, 0.5) is 0 Å². The van der Waals surface area contributed by atoms with Gasteiger partial charge in [0.05, 0.1) is 12.7 Å². The summed E-state index contributed by atoms with van der Waals surface area (Å²) in [6.07, 6.45) is 1.09. The number of amides is 1. The number of aryl methyl sites for hydroxylation is 1. The van der Waals surface area contributed by atoms with Crippen molar-refractivity contribution in [2.75, 3.05) is 19.7 Å². The first-order valence-electron chi connectivity index (χ1n) is 6.96. The summed E-state index contributed by atoms with van der Waals surface area (Å²) in [4.78, 5) is 18.4. The summed E-state index contributed by atoms with van der Waals surface area (Å²) in [7, 11) is 0. The standard InChI is InChI=1S/C15H18N2O3/c1-11-10-17(8-9-19-11)15(18)7-6-14-16-12-4-2-3-5-13(12)20-14/h2-5,11H,6-10H2,1H3. The molecular weight excluding hydrogens is 256 g/mol. The van der Waals surface area contributed by atoms with Gasteiger partial charge in [-0.3, -0.25) is 4.79 Å². The number of ether oxygens (including phenoxy) is 1. The monoisotopic (exact) mass is 274 g/mol. The van der Waals surface area contributed by atoms with Gasteiger partial charge < -0.3 is 14.1 Å². The van der Waals surface area contributed by atoms with E-state index in [2.05, 4.69) is 4.98 Å². The van der Waals surface area contributed by atoms with Crippen LogP contribution < -0.4 is 0 Å². The number of morpholine rings is 1. The van der Waals surface area contributed by atoms with Crippen molar-refractivity contribution in [3.8, 4) is 0 Å². The lowest BCUT2D eigenvalue weighted by Crippen LogP contribution is -2.44. The predicted octanol–water partition coefficient (Wildman–Crippen LogP) is 2.01. The molecule has 1 fully saturated rings. The van der Waals surface area contributed by atoms with Crippen LogP contribution in [0.15, 0.2) is 28.7 Å². The molecule has 1 saturated heterocycles. The Hall–Kier alpha value is -1.88. The number of carbonyl (C=O) groups excluding carboxylic acids is 1. The van der Waals surface area contributed by atoms with E-state index in [1.807, 2.05) is 36.1 Å². The Morgan fingerprint density at radius 3 is 3.10 bits per heavy atom. The third kappa shape index (κ3) is 2.82. The van der Waals surface area contributed by atoms with Crippen LogP contribution in [0.3, 0.4) is 0 Å². The summed E-state index contributed by atoms with van der Waals surface area (Å²) in [6.45, 7) is 3.96. The molecule has 1 aromatic carbocycles. The molecule has 2 aromatic rings. The molecule has 0 N–H and O–H groups in total. The van der Waals surface area contributed by atoms with Gasteiger partial charge in [0.15, 0.2) is 11.5 Å². The molecule has 1 aliphatic rings. The van der Waals surface area contributed by atoms with Crippen LogP contribution in [0.1, 0.15) is 19.2 Å². The Kier molecular flexibility index (Phi) is 3.69. The highest BCUT2D eigenvalue weighted by molar-refractivity contribution is 5.77. The quantitative estimate of drug-likeness (QED) is 0.859. The molecule has 20 heavy (non-hydrogen) atoms. The van der Waals surface area contributed by atoms with E-state index in [1.54, 1.807) is 0 Å². The fraction of sp³-hybridized carbons (Fsp3) is 0.467. The molecule has 0 saturated carbocycles. The Balaban J connectivity index is 1.59. The van der Waals surface area contributed by atoms with Gasteiger partial charge in [0.1, 0.15) is 5.52 Å². The first kappa shape index (κ1) is 13.1. The molecule has 0 spiro atoms. The maximum absolute atomic E-state index is 12.1. The molecular formula is C15H18N2O3. The Morgan fingerprint density at radius 1 is 1.45 bits per heavy atom. The van der Waals surface area contributed by atoms with E-state index in [1.165, 1.54) is 0 Å². The zero-order valence-electron chi connectivity index (χ0n) is 11.5. The number of hydrogen-bond donors (Lipinski definition) is 0. The highest BCUT2D eigenvalue weighted by atomic mass is 16.5. The van der Waals surface area contributed by atoms with Crippen LogP contribution in [-0.4, -0.2) is 41.6 Å². The van der Waals surface area contributed by atoms with E-state index in [0.29, 0.717) is 38.4 Å². The molecule has 0 aliphatic carbocycles. The summed E-state index contributed by atoms with van der Waals surface area (Å²) < 4.78 is 11.1. The number of para-hydroxylation sites is 2. The van der Waals surface area contributed by atoms with Crippen LogP contribution in [0.5, 0.6) is 0 Å². The van der Waals surface area contributed by atoms with E-state index in [-0.39, 0.29) is 12.0 Å². The van der Waals surface area contributed by atoms with Crippen molar-refractivity contribution in [3.63, 3.8) is 0 Å². The zero-order valence-corrected chi connectivity index (χ0v) is 11.5. The Bertz CT molecular complexity index is 575. The highest BCUT2D eigenvalue weighted by Crippen LogP contribution is 2.16. The second-order valence-corrected chi connectivity index (χ2v) is 5.10. The van der Waals surface area contributed by atoms with Crippen molar-refractivity contribution >= 4 is 17.0 Å². The normalized spacial score (nSPS) is 19.4. The maximum atomic E-state index is 12.1. The molecule has 1 unspecified atom stereocenters. The molecule has 0 bridgehead atoms. The van der Waals surface area contributed by atoms with Crippen molar-refractivity contribution in [1.82, 2.24) is 9.88 Å². The topological polar surface area (TPSA) is 55.6 Å². The van der Waals surface area contributed by atoms with Gasteiger partial charge >= 0.3 is 0 Å². The second kappa shape index (κ2) is 5.63. The summed E-state index contributed by atoms with van der Waals surface area (Å²) in [5.41, 5.74) is 1.62. The fourth-order valence-corrected chi connectivity index (χ4v) is 2.44. The smallest absolute Gasteiger partial charge is 0.223 e. The molecule has 5 heteroatoms. The van der Waals surface area contributed by atoms with Gasteiger partial charge in [-0.25, -0.2) is 4.98 Å². The summed E-state index contributed by atoms with van der Waals surface area (Å²) in [5, 5.41) is 0. The van der Waals surface area contributed by atoms with Gasteiger partial charge in [0.2, 0.25) is 5.91 Å². The molecule has 2 heterocycles. The first-order valence-corrected chi connectivity index (χ1v) is 6.96. The van der Waals surface area contributed by atoms with Gasteiger partial charge in [0, 0.05) is 25.9 Å². The molecule has 106 valence electrons. The fourth-order valence-electron chi connectivity index (χ4n) is 2.44. The van der Waals surface area contributed by atoms with Gasteiger partial charge in [0.25, 0.3) is 0 Å². The van der Waals surface area contributed by atoms with Gasteiger partial charge in [-0.05, 0) is 19.1 Å². The summed E-state index contributed by atoms with van der Waals surface area (Å²) in [5.74, 6) is 0.767. The molecule has 1 aliphatic heterocycles. The maximum Gasteiger partial charge on any atom is 0.223 e. The second-order valence-electron chi connectivity index (χ2n) is 5.10. The predicted molar refractivity (Wildman–Crippen MR) is 74.3 cm³/mol. The van der Waals surface area contributed by atoms with E-state index < -0.39 is 0 Å². The largest absolute Gasteiger partial charge is 0.441 e. The minimum absolute atomic E-state index is 0.122. The minimum Gasteiger partial charge on any atom is -0.441 e. The van der Waals surface area contributed by atoms with Crippen molar-refractivity contribution in [1.29, 1.82) is 0 Å². The number of carbonyl (C=O) groups is 1. The van der Waals surface area contributed by atoms with Gasteiger partial charge in [-0.1, -0.05) is 12.1 Å². The number of aromatic nitrogens is 1. The van der Waals surface area contributed by atoms with Crippen LogP contribution >= 0.6 is 0 Å². The highest BCUT2D eigenvalue weighted by Gasteiger charge is 2.21. The zero-order chi connectivity index (χ0) is 13.9. The lowest BCUT2D eigenvalue weighted by Gasteiger charge is -2.31. The van der Waals surface area contributed by atoms with E-state index >= 15 is 0 Å². The van der Waals surface area contributed by atoms with Crippen molar-refractivity contribution < 1.29 is 13.9 Å². The molecule has 1 atom stereocenters. The Labute approximate surface area is 117 Å². The van der Waals surface area contributed by atoms with Crippen LogP contribution in [-0.2, 0) is 16.0 Å². The summed E-state index contributed by atoms with van der Waals surface area (Å²) in [6, 6.07) is 7.64. The first-order chi connectivity index (χ1) is 9.72. The number of nitrogens with zero attached hydrogens (tertiary/aromatic N) is 2. The molecule has 3 rings (SSSR count). The average Bonchev–Trinajstić information content (AvgIpc) is 2.87. The van der Waals surface area contributed by atoms with Crippen molar-refractivity contribution in [3.05, 3.63) is 30.2 Å². The lowest BCUT2D eigenvalue weighted by molar-refractivity contribution is -0.138. The number of hydrogen-bond acceptors (Lipinski definition) is 4.